The molecule has 1 aliphatic rings. The molecule has 94 valence electrons. The third-order valence-corrected chi connectivity index (χ3v) is 5.13. The highest BCUT2D eigenvalue weighted by Crippen LogP contribution is 2.34. The standard InChI is InChI=1S/C12H17NO3S/c13-7-10-4-5-17(15,16)8-12(10)9-2-1-3-11(14)6-9/h1-3,6,10,12,14H,4-5,7-8,13H2. The van der Waals surface area contributed by atoms with Crippen LogP contribution in [0.1, 0.15) is 17.9 Å². The van der Waals surface area contributed by atoms with Gasteiger partial charge in [0.2, 0.25) is 0 Å². The quantitative estimate of drug-likeness (QED) is 0.821. The maximum atomic E-state index is 11.7. The molecular formula is C12H17NO3S. The summed E-state index contributed by atoms with van der Waals surface area (Å²) >= 11 is 0. The first-order valence-corrected chi connectivity index (χ1v) is 7.53. The largest absolute Gasteiger partial charge is 0.508 e. The molecule has 1 aromatic rings. The van der Waals surface area contributed by atoms with E-state index in [0.717, 1.165) is 5.56 Å². The summed E-state index contributed by atoms with van der Waals surface area (Å²) in [6, 6.07) is 6.81. The Morgan fingerprint density at radius 2 is 2.18 bits per heavy atom. The van der Waals surface area contributed by atoms with Gasteiger partial charge in [0.05, 0.1) is 11.5 Å². The van der Waals surface area contributed by atoms with E-state index in [4.69, 9.17) is 5.73 Å². The molecule has 1 fully saturated rings. The second kappa shape index (κ2) is 4.66. The summed E-state index contributed by atoms with van der Waals surface area (Å²) < 4.78 is 23.4. The first kappa shape index (κ1) is 12.4. The lowest BCUT2D eigenvalue weighted by molar-refractivity contribution is 0.417. The van der Waals surface area contributed by atoms with Crippen molar-refractivity contribution in [2.45, 2.75) is 12.3 Å². The minimum Gasteiger partial charge on any atom is -0.508 e. The molecule has 1 heterocycles. The lowest BCUT2D eigenvalue weighted by Crippen LogP contribution is -2.35. The smallest absolute Gasteiger partial charge is 0.150 e. The van der Waals surface area contributed by atoms with Crippen LogP contribution in [0.4, 0.5) is 0 Å². The van der Waals surface area contributed by atoms with E-state index in [-0.39, 0.29) is 29.1 Å². The third kappa shape index (κ3) is 2.79. The predicted molar refractivity (Wildman–Crippen MR) is 66.7 cm³/mol. The van der Waals surface area contributed by atoms with Crippen molar-refractivity contribution in [1.82, 2.24) is 0 Å². The molecule has 2 rings (SSSR count). The topological polar surface area (TPSA) is 80.4 Å². The average Bonchev–Trinajstić information content (AvgIpc) is 2.28. The number of hydrogen-bond acceptors (Lipinski definition) is 4. The normalized spacial score (nSPS) is 27.8. The average molecular weight is 255 g/mol. The van der Waals surface area contributed by atoms with E-state index in [0.29, 0.717) is 13.0 Å². The molecule has 17 heavy (non-hydrogen) atoms. The van der Waals surface area contributed by atoms with Crippen molar-refractivity contribution in [3.05, 3.63) is 29.8 Å². The highest BCUT2D eigenvalue weighted by Gasteiger charge is 2.33. The fourth-order valence-corrected chi connectivity index (χ4v) is 4.27. The molecule has 3 N–H and O–H groups in total. The van der Waals surface area contributed by atoms with Crippen molar-refractivity contribution >= 4 is 9.84 Å². The Bertz CT molecular complexity index is 498. The maximum absolute atomic E-state index is 11.7. The summed E-state index contributed by atoms with van der Waals surface area (Å²) in [5.41, 5.74) is 6.56. The van der Waals surface area contributed by atoms with E-state index >= 15 is 0 Å². The Balaban J connectivity index is 2.33. The second-order valence-corrected chi connectivity index (χ2v) is 6.83. The van der Waals surface area contributed by atoms with Gasteiger partial charge in [-0.25, -0.2) is 8.42 Å². The SMILES string of the molecule is NCC1CCS(=O)(=O)CC1c1cccc(O)c1. The number of phenols is 1. The van der Waals surface area contributed by atoms with E-state index in [1.165, 1.54) is 0 Å². The second-order valence-electron chi connectivity index (χ2n) is 4.60. The molecule has 2 atom stereocenters. The first-order valence-electron chi connectivity index (χ1n) is 5.71. The summed E-state index contributed by atoms with van der Waals surface area (Å²) in [7, 11) is -2.97. The van der Waals surface area contributed by atoms with Gasteiger partial charge in [0.1, 0.15) is 5.75 Å². The van der Waals surface area contributed by atoms with Gasteiger partial charge in [-0.05, 0) is 36.6 Å². The van der Waals surface area contributed by atoms with Crippen molar-refractivity contribution in [3.8, 4) is 5.75 Å². The Kier molecular flexibility index (Phi) is 3.40. The predicted octanol–water partition coefficient (Wildman–Crippen LogP) is 0.869. The molecule has 0 saturated carbocycles. The van der Waals surface area contributed by atoms with Crippen molar-refractivity contribution in [3.63, 3.8) is 0 Å². The fraction of sp³-hybridized carbons (Fsp3) is 0.500. The van der Waals surface area contributed by atoms with Crippen LogP contribution in [0.15, 0.2) is 24.3 Å². The van der Waals surface area contributed by atoms with Gasteiger partial charge in [-0.1, -0.05) is 12.1 Å². The zero-order valence-electron chi connectivity index (χ0n) is 9.54. The number of nitrogens with two attached hydrogens (primary N) is 1. The van der Waals surface area contributed by atoms with Crippen molar-refractivity contribution in [2.24, 2.45) is 11.7 Å². The van der Waals surface area contributed by atoms with Gasteiger partial charge in [0.15, 0.2) is 9.84 Å². The molecule has 1 aliphatic heterocycles. The molecule has 0 spiro atoms. The van der Waals surface area contributed by atoms with Crippen LogP contribution in [-0.4, -0.2) is 31.6 Å². The van der Waals surface area contributed by atoms with Gasteiger partial charge >= 0.3 is 0 Å². The Labute approximate surface area is 101 Å². The van der Waals surface area contributed by atoms with Crippen LogP contribution >= 0.6 is 0 Å². The van der Waals surface area contributed by atoms with Gasteiger partial charge in [-0.2, -0.15) is 0 Å². The monoisotopic (exact) mass is 255 g/mol. The van der Waals surface area contributed by atoms with Gasteiger partial charge in [-0.3, -0.25) is 0 Å². The summed E-state index contributed by atoms with van der Waals surface area (Å²) in [5.74, 6) is 0.620. The molecular weight excluding hydrogens is 238 g/mol. The highest BCUT2D eigenvalue weighted by molar-refractivity contribution is 7.91. The van der Waals surface area contributed by atoms with E-state index in [2.05, 4.69) is 0 Å². The minimum absolute atomic E-state index is 0.0918. The number of rotatable bonds is 2. The first-order chi connectivity index (χ1) is 8.02. The Morgan fingerprint density at radius 3 is 2.82 bits per heavy atom. The third-order valence-electron chi connectivity index (χ3n) is 3.40. The molecule has 4 nitrogen and oxygen atoms in total. The molecule has 1 saturated heterocycles. The van der Waals surface area contributed by atoms with E-state index in [1.54, 1.807) is 18.2 Å². The molecule has 0 aromatic heterocycles. The molecule has 2 unspecified atom stereocenters. The van der Waals surface area contributed by atoms with Crippen LogP contribution in [0.2, 0.25) is 0 Å². The number of hydrogen-bond donors (Lipinski definition) is 2. The van der Waals surface area contributed by atoms with Crippen molar-refractivity contribution in [2.75, 3.05) is 18.1 Å². The number of benzene rings is 1. The number of aromatic hydroxyl groups is 1. The fourth-order valence-electron chi connectivity index (χ4n) is 2.43. The van der Waals surface area contributed by atoms with Gasteiger partial charge in [0, 0.05) is 5.92 Å². The summed E-state index contributed by atoms with van der Waals surface area (Å²) in [4.78, 5) is 0. The molecule has 0 amide bonds. The van der Waals surface area contributed by atoms with Crippen molar-refractivity contribution < 1.29 is 13.5 Å². The van der Waals surface area contributed by atoms with Crippen LogP contribution in [0.3, 0.4) is 0 Å². The van der Waals surface area contributed by atoms with Crippen LogP contribution in [-0.2, 0) is 9.84 Å². The minimum atomic E-state index is -2.97. The van der Waals surface area contributed by atoms with Gasteiger partial charge in [-0.15, -0.1) is 0 Å². The zero-order chi connectivity index (χ0) is 12.5. The van der Waals surface area contributed by atoms with Gasteiger partial charge in [0.25, 0.3) is 0 Å². The molecule has 0 bridgehead atoms. The Morgan fingerprint density at radius 1 is 1.41 bits per heavy atom. The highest BCUT2D eigenvalue weighted by atomic mass is 32.2. The zero-order valence-corrected chi connectivity index (χ0v) is 10.4. The number of sulfone groups is 1. The van der Waals surface area contributed by atoms with Crippen LogP contribution in [0.5, 0.6) is 5.75 Å². The molecule has 1 aromatic carbocycles. The van der Waals surface area contributed by atoms with E-state index in [9.17, 15) is 13.5 Å². The van der Waals surface area contributed by atoms with Gasteiger partial charge < -0.3 is 10.8 Å². The molecule has 0 aliphatic carbocycles. The summed E-state index contributed by atoms with van der Waals surface area (Å²) in [5, 5.41) is 9.45. The van der Waals surface area contributed by atoms with Crippen LogP contribution in [0.25, 0.3) is 0 Å². The Hall–Kier alpha value is -1.07. The van der Waals surface area contributed by atoms with Crippen molar-refractivity contribution in [1.29, 1.82) is 0 Å². The van der Waals surface area contributed by atoms with Crippen LogP contribution < -0.4 is 5.73 Å². The molecule has 0 radical (unpaired) electrons. The van der Waals surface area contributed by atoms with E-state index < -0.39 is 9.84 Å². The van der Waals surface area contributed by atoms with Crippen LogP contribution in [0, 0.1) is 5.92 Å². The number of phenolic OH excluding ortho intramolecular Hbond substituents is 1. The molecule has 5 heteroatoms. The van der Waals surface area contributed by atoms with E-state index in [1.807, 2.05) is 6.07 Å². The maximum Gasteiger partial charge on any atom is 0.150 e. The lowest BCUT2D eigenvalue weighted by Gasteiger charge is -2.30. The lowest BCUT2D eigenvalue weighted by atomic mass is 9.85. The summed E-state index contributed by atoms with van der Waals surface area (Å²) in [6.45, 7) is 0.482. The summed E-state index contributed by atoms with van der Waals surface area (Å²) in [6.07, 6.45) is 0.610.